The van der Waals surface area contributed by atoms with E-state index in [9.17, 15) is 9.59 Å². The zero-order valence-corrected chi connectivity index (χ0v) is 23.2. The Kier molecular flexibility index (Phi) is 10.3. The lowest BCUT2D eigenvalue weighted by Crippen LogP contribution is -2.29. The van der Waals surface area contributed by atoms with Crippen molar-refractivity contribution in [2.45, 2.75) is 39.7 Å². The summed E-state index contributed by atoms with van der Waals surface area (Å²) in [5, 5.41) is 5.92. The highest BCUT2D eigenvalue weighted by molar-refractivity contribution is 6.06. The molecule has 204 valence electrons. The van der Waals surface area contributed by atoms with Gasteiger partial charge in [-0.1, -0.05) is 98.8 Å². The van der Waals surface area contributed by atoms with Gasteiger partial charge in [-0.15, -0.1) is 0 Å². The third-order valence-corrected chi connectivity index (χ3v) is 6.71. The molecule has 0 aromatic heterocycles. The van der Waals surface area contributed by atoms with Crippen LogP contribution in [0.2, 0.25) is 0 Å². The number of allylic oxidation sites excluding steroid dienone is 1. The summed E-state index contributed by atoms with van der Waals surface area (Å²) in [6, 6.07) is 31.1. The van der Waals surface area contributed by atoms with Crippen molar-refractivity contribution in [2.24, 2.45) is 0 Å². The predicted octanol–water partition coefficient (Wildman–Crippen LogP) is 7.65. The van der Waals surface area contributed by atoms with Gasteiger partial charge in [-0.2, -0.15) is 0 Å². The lowest BCUT2D eigenvalue weighted by atomic mass is 10.0. The number of ketones is 1. The molecule has 0 bridgehead atoms. The molecule has 0 radical (unpaired) electrons. The van der Waals surface area contributed by atoms with E-state index in [1.54, 1.807) is 18.2 Å². The van der Waals surface area contributed by atoms with Gasteiger partial charge in [0.2, 0.25) is 0 Å². The minimum absolute atomic E-state index is 0.0982. The van der Waals surface area contributed by atoms with Crippen LogP contribution >= 0.6 is 0 Å². The summed E-state index contributed by atoms with van der Waals surface area (Å²) >= 11 is 0. The second kappa shape index (κ2) is 14.5. The molecular weight excluding hydrogens is 496 g/mol. The first-order chi connectivity index (χ1) is 19.6. The molecule has 0 aliphatic rings. The van der Waals surface area contributed by atoms with Crippen molar-refractivity contribution in [1.82, 2.24) is 5.32 Å². The summed E-state index contributed by atoms with van der Waals surface area (Å²) in [4.78, 5) is 25.5. The van der Waals surface area contributed by atoms with Gasteiger partial charge in [0.25, 0.3) is 0 Å². The maximum Gasteiger partial charge on any atom is 0.319 e. The van der Waals surface area contributed by atoms with Gasteiger partial charge in [0.15, 0.2) is 5.78 Å². The van der Waals surface area contributed by atoms with E-state index in [2.05, 4.69) is 36.6 Å². The molecule has 40 heavy (non-hydrogen) atoms. The average Bonchev–Trinajstić information content (AvgIpc) is 3.00. The Balaban J connectivity index is 1.28. The molecule has 0 unspecified atom stereocenters. The van der Waals surface area contributed by atoms with Gasteiger partial charge in [0, 0.05) is 24.2 Å². The number of para-hydroxylation sites is 1. The van der Waals surface area contributed by atoms with Gasteiger partial charge in [0.05, 0.1) is 6.61 Å². The highest BCUT2D eigenvalue weighted by Crippen LogP contribution is 2.22. The molecule has 0 spiro atoms. The third kappa shape index (κ3) is 8.18. The summed E-state index contributed by atoms with van der Waals surface area (Å²) in [7, 11) is 0. The summed E-state index contributed by atoms with van der Waals surface area (Å²) in [5.74, 6) is 0.701. The van der Waals surface area contributed by atoms with Crippen LogP contribution in [0.15, 0.2) is 103 Å². The summed E-state index contributed by atoms with van der Waals surface area (Å²) in [5.41, 5.74) is 6.68. The molecule has 0 aliphatic carbocycles. The highest BCUT2D eigenvalue weighted by Gasteiger charge is 2.10. The Morgan fingerprint density at radius 3 is 2.15 bits per heavy atom. The number of hydrogen-bond acceptors (Lipinski definition) is 3. The second-order valence-electron chi connectivity index (χ2n) is 9.52. The molecular formula is C35H36N2O3. The van der Waals surface area contributed by atoms with Gasteiger partial charge in [-0.05, 0) is 64.9 Å². The monoisotopic (exact) mass is 532 g/mol. The Hall–Kier alpha value is -4.64. The molecule has 0 saturated heterocycles. The molecule has 0 aliphatic heterocycles. The first-order valence-electron chi connectivity index (χ1n) is 13.8. The van der Waals surface area contributed by atoms with E-state index < -0.39 is 0 Å². The minimum Gasteiger partial charge on any atom is -0.493 e. The Morgan fingerprint density at radius 1 is 0.775 bits per heavy atom. The molecule has 0 fully saturated rings. The van der Waals surface area contributed by atoms with E-state index in [0.29, 0.717) is 18.7 Å². The fraction of sp³-hybridized carbons (Fsp3) is 0.200. The van der Waals surface area contributed by atoms with Crippen molar-refractivity contribution >= 4 is 23.6 Å². The van der Waals surface area contributed by atoms with E-state index in [-0.39, 0.29) is 11.8 Å². The van der Waals surface area contributed by atoms with Gasteiger partial charge in [-0.25, -0.2) is 4.79 Å². The van der Waals surface area contributed by atoms with Crippen molar-refractivity contribution in [2.75, 3.05) is 11.9 Å². The molecule has 0 heterocycles. The van der Waals surface area contributed by atoms with Crippen molar-refractivity contribution < 1.29 is 14.3 Å². The van der Waals surface area contributed by atoms with E-state index in [1.165, 1.54) is 5.56 Å². The van der Waals surface area contributed by atoms with E-state index >= 15 is 0 Å². The summed E-state index contributed by atoms with van der Waals surface area (Å²) in [6.45, 7) is 5.08. The van der Waals surface area contributed by atoms with Crippen LogP contribution in [0, 0.1) is 0 Å². The predicted molar refractivity (Wildman–Crippen MR) is 163 cm³/mol. The van der Waals surface area contributed by atoms with Crippen LogP contribution in [0.25, 0.3) is 6.08 Å². The smallest absolute Gasteiger partial charge is 0.319 e. The average molecular weight is 533 g/mol. The van der Waals surface area contributed by atoms with Gasteiger partial charge >= 0.3 is 6.03 Å². The van der Waals surface area contributed by atoms with Crippen LogP contribution < -0.4 is 15.4 Å². The first kappa shape index (κ1) is 28.4. The van der Waals surface area contributed by atoms with Crippen molar-refractivity contribution in [3.63, 3.8) is 0 Å². The normalized spacial score (nSPS) is 10.8. The number of benzene rings is 4. The van der Waals surface area contributed by atoms with Gasteiger partial charge in [-0.3, -0.25) is 4.79 Å². The fourth-order valence-corrected chi connectivity index (χ4v) is 4.45. The van der Waals surface area contributed by atoms with E-state index in [4.69, 9.17) is 4.74 Å². The molecule has 0 saturated carbocycles. The first-order valence-corrected chi connectivity index (χ1v) is 13.8. The van der Waals surface area contributed by atoms with Crippen LogP contribution in [-0.2, 0) is 25.8 Å². The van der Waals surface area contributed by atoms with Crippen molar-refractivity contribution in [1.29, 1.82) is 0 Å². The number of urea groups is 1. The molecule has 5 heteroatoms. The Morgan fingerprint density at radius 2 is 1.45 bits per heavy atom. The molecule has 5 nitrogen and oxygen atoms in total. The molecule has 0 atom stereocenters. The zero-order chi connectivity index (χ0) is 28.2. The van der Waals surface area contributed by atoms with E-state index in [0.717, 1.165) is 53.0 Å². The van der Waals surface area contributed by atoms with Crippen molar-refractivity contribution in [3.8, 4) is 5.75 Å². The van der Waals surface area contributed by atoms with Crippen LogP contribution in [0.1, 0.15) is 52.0 Å². The number of carbonyl (C=O) groups excluding carboxylic acids is 2. The molecule has 2 N–H and O–H groups in total. The minimum atomic E-state index is -0.264. The largest absolute Gasteiger partial charge is 0.493 e. The highest BCUT2D eigenvalue weighted by atomic mass is 16.5. The molecule has 2 amide bonds. The van der Waals surface area contributed by atoms with Gasteiger partial charge < -0.3 is 15.4 Å². The number of nitrogens with one attached hydrogen (secondary N) is 2. The SMILES string of the molecule is CCc1cccc(CC)c1NC(=O)NCc1cccc(C(=O)C=Cc2ccc(OCCc3ccccc3)cc2)c1. The molecule has 4 rings (SSSR count). The zero-order valence-electron chi connectivity index (χ0n) is 23.2. The second-order valence-corrected chi connectivity index (χ2v) is 9.52. The van der Waals surface area contributed by atoms with Crippen LogP contribution in [-0.4, -0.2) is 18.4 Å². The van der Waals surface area contributed by atoms with Crippen LogP contribution in [0.5, 0.6) is 5.75 Å². The quantitative estimate of drug-likeness (QED) is 0.145. The van der Waals surface area contributed by atoms with Crippen LogP contribution in [0.3, 0.4) is 0 Å². The maximum atomic E-state index is 12.8. The van der Waals surface area contributed by atoms with E-state index in [1.807, 2.05) is 78.9 Å². The maximum absolute atomic E-state index is 12.8. The topological polar surface area (TPSA) is 67.4 Å². The number of amides is 2. The van der Waals surface area contributed by atoms with Crippen molar-refractivity contribution in [3.05, 3.63) is 137 Å². The molecule has 4 aromatic carbocycles. The lowest BCUT2D eigenvalue weighted by molar-refractivity contribution is 0.104. The number of ether oxygens (including phenoxy) is 1. The Bertz CT molecular complexity index is 1420. The van der Waals surface area contributed by atoms with Crippen LogP contribution in [0.4, 0.5) is 10.5 Å². The number of rotatable bonds is 12. The standard InChI is InChI=1S/C35H36N2O3/c1-3-29-13-9-14-30(4-2)34(29)37-35(39)36-25-28-12-8-15-31(24-28)33(38)21-18-27-16-19-32(20-17-27)40-23-22-26-10-6-5-7-11-26/h5-21,24H,3-4,22-23,25H2,1-2H3,(H2,36,37,39). The number of carbonyl (C=O) groups is 2. The number of aryl methyl sites for hydroxylation is 2. The summed E-state index contributed by atoms with van der Waals surface area (Å²) < 4.78 is 5.84. The third-order valence-electron chi connectivity index (χ3n) is 6.71. The number of hydrogen-bond donors (Lipinski definition) is 2. The number of anilines is 1. The molecule has 4 aromatic rings. The van der Waals surface area contributed by atoms with Gasteiger partial charge in [0.1, 0.15) is 5.75 Å². The Labute approximate surface area is 236 Å². The fourth-order valence-electron chi connectivity index (χ4n) is 4.45. The summed E-state index contributed by atoms with van der Waals surface area (Å²) in [6.07, 6.45) is 5.90. The lowest BCUT2D eigenvalue weighted by Gasteiger charge is -2.15.